The van der Waals surface area contributed by atoms with Gasteiger partial charge in [-0.2, -0.15) is 0 Å². The molecule has 0 aliphatic rings. The van der Waals surface area contributed by atoms with Crippen LogP contribution in [0.5, 0.6) is 0 Å². The number of carboxylic acid groups (broad SMARTS) is 1. The van der Waals surface area contributed by atoms with Crippen molar-refractivity contribution in [1.29, 1.82) is 0 Å². The summed E-state index contributed by atoms with van der Waals surface area (Å²) >= 11 is 0. The van der Waals surface area contributed by atoms with E-state index < -0.39 is 5.97 Å². The van der Waals surface area contributed by atoms with Crippen LogP contribution in [0.4, 0.5) is 0 Å². The lowest BCUT2D eigenvalue weighted by Crippen LogP contribution is -2.35. The maximum absolute atomic E-state index is 10.8. The first kappa shape index (κ1) is 11.2. The van der Waals surface area contributed by atoms with Gasteiger partial charge in [-0.1, -0.05) is 5.11 Å². The summed E-state index contributed by atoms with van der Waals surface area (Å²) in [5, 5.41) is 11.6. The number of nitrogens with zero attached hydrogens (tertiary/aromatic N) is 4. The normalized spacial score (nSPS) is 8.69. The summed E-state index contributed by atoms with van der Waals surface area (Å²) in [5.41, 5.74) is 7.94. The van der Waals surface area contributed by atoms with E-state index in [1.54, 1.807) is 0 Å². The summed E-state index contributed by atoms with van der Waals surface area (Å²) in [6.07, 6.45) is 0. The molecule has 72 valence electrons. The van der Waals surface area contributed by atoms with Gasteiger partial charge >= 0.3 is 5.97 Å². The Kier molecular flexibility index (Phi) is 5.06. The van der Waals surface area contributed by atoms with Crippen LogP contribution in [0.2, 0.25) is 0 Å². The lowest BCUT2D eigenvalue weighted by atomic mass is 10.4. The first-order valence-corrected chi connectivity index (χ1v) is 3.56. The number of hydrogen-bond acceptors (Lipinski definition) is 3. The fourth-order valence-electron chi connectivity index (χ4n) is 0.721. The van der Waals surface area contributed by atoms with Gasteiger partial charge in [0.1, 0.15) is 6.54 Å². The second-order valence-electron chi connectivity index (χ2n) is 2.29. The SMILES string of the molecule is CC(=O)N(CCN=[N+]=[N-])CC(=O)O. The molecular formula is C6H10N4O3. The highest BCUT2D eigenvalue weighted by Crippen LogP contribution is 1.89. The molecule has 1 amide bonds. The summed E-state index contributed by atoms with van der Waals surface area (Å²) < 4.78 is 0. The van der Waals surface area contributed by atoms with Crippen LogP contribution in [0.1, 0.15) is 6.92 Å². The Bertz CT molecular complexity index is 246. The number of azide groups is 1. The van der Waals surface area contributed by atoms with Crippen molar-refractivity contribution in [1.82, 2.24) is 4.90 Å². The summed E-state index contributed by atoms with van der Waals surface area (Å²) in [5.74, 6) is -1.44. The highest BCUT2D eigenvalue weighted by atomic mass is 16.4. The predicted octanol–water partition coefficient (Wildman–Crippen LogP) is 0.230. The van der Waals surface area contributed by atoms with Crippen LogP contribution in [0.25, 0.3) is 10.4 Å². The third-order valence-corrected chi connectivity index (χ3v) is 1.30. The van der Waals surface area contributed by atoms with Gasteiger partial charge in [0, 0.05) is 24.9 Å². The third-order valence-electron chi connectivity index (χ3n) is 1.30. The zero-order chi connectivity index (χ0) is 10.3. The van der Waals surface area contributed by atoms with Crippen molar-refractivity contribution >= 4 is 11.9 Å². The van der Waals surface area contributed by atoms with Crippen LogP contribution in [-0.2, 0) is 9.59 Å². The molecule has 0 fully saturated rings. The molecule has 13 heavy (non-hydrogen) atoms. The monoisotopic (exact) mass is 186 g/mol. The molecule has 0 saturated heterocycles. The van der Waals surface area contributed by atoms with E-state index in [-0.39, 0.29) is 25.5 Å². The lowest BCUT2D eigenvalue weighted by molar-refractivity contribution is -0.143. The lowest BCUT2D eigenvalue weighted by Gasteiger charge is -2.16. The second kappa shape index (κ2) is 5.84. The van der Waals surface area contributed by atoms with Crippen molar-refractivity contribution in [3.63, 3.8) is 0 Å². The molecule has 0 rings (SSSR count). The standard InChI is InChI=1S/C6H10N4O3/c1-5(11)10(4-6(12)13)3-2-8-9-7/h2-4H2,1H3,(H,12,13). The summed E-state index contributed by atoms with van der Waals surface area (Å²) in [7, 11) is 0. The second-order valence-corrected chi connectivity index (χ2v) is 2.29. The van der Waals surface area contributed by atoms with Crippen molar-refractivity contribution in [2.24, 2.45) is 5.11 Å². The largest absolute Gasteiger partial charge is 0.480 e. The Morgan fingerprint density at radius 2 is 2.23 bits per heavy atom. The maximum Gasteiger partial charge on any atom is 0.323 e. The quantitative estimate of drug-likeness (QED) is 0.377. The number of hydrogen-bond donors (Lipinski definition) is 1. The molecule has 7 nitrogen and oxygen atoms in total. The maximum atomic E-state index is 10.8. The summed E-state index contributed by atoms with van der Waals surface area (Å²) in [6, 6.07) is 0. The van der Waals surface area contributed by atoms with Gasteiger partial charge in [-0.15, -0.1) is 0 Å². The first-order chi connectivity index (χ1) is 6.07. The third kappa shape index (κ3) is 5.51. The van der Waals surface area contributed by atoms with Gasteiger partial charge in [0.15, 0.2) is 0 Å². The van der Waals surface area contributed by atoms with Gasteiger partial charge < -0.3 is 10.0 Å². The van der Waals surface area contributed by atoms with Crippen LogP contribution in [0.3, 0.4) is 0 Å². The Hall–Kier alpha value is -1.75. The molecule has 0 unspecified atom stereocenters. The van der Waals surface area contributed by atoms with Gasteiger partial charge in [-0.25, -0.2) is 0 Å². The van der Waals surface area contributed by atoms with E-state index in [9.17, 15) is 9.59 Å². The fourth-order valence-corrected chi connectivity index (χ4v) is 0.721. The molecule has 0 aliphatic heterocycles. The molecule has 0 heterocycles. The highest BCUT2D eigenvalue weighted by molar-refractivity contribution is 5.79. The molecule has 0 aromatic carbocycles. The average Bonchev–Trinajstić information content (AvgIpc) is 2.02. The first-order valence-electron chi connectivity index (χ1n) is 3.56. The van der Waals surface area contributed by atoms with Gasteiger partial charge in [0.2, 0.25) is 5.91 Å². The molecule has 0 aliphatic carbocycles. The topological polar surface area (TPSA) is 106 Å². The van der Waals surface area contributed by atoms with E-state index >= 15 is 0 Å². The van der Waals surface area contributed by atoms with Crippen LogP contribution in [0, 0.1) is 0 Å². The van der Waals surface area contributed by atoms with Crippen LogP contribution >= 0.6 is 0 Å². The zero-order valence-corrected chi connectivity index (χ0v) is 7.17. The molecule has 0 bridgehead atoms. The van der Waals surface area contributed by atoms with E-state index in [0.717, 1.165) is 4.90 Å². The molecule has 0 spiro atoms. The molecule has 0 aromatic rings. The number of carbonyl (C=O) groups is 2. The van der Waals surface area contributed by atoms with Crippen molar-refractivity contribution in [3.05, 3.63) is 10.4 Å². The number of rotatable bonds is 5. The molecule has 0 saturated carbocycles. The van der Waals surface area contributed by atoms with Crippen molar-refractivity contribution < 1.29 is 14.7 Å². The molecule has 7 heteroatoms. The molecule has 1 N–H and O–H groups in total. The van der Waals surface area contributed by atoms with E-state index in [0.29, 0.717) is 0 Å². The Morgan fingerprint density at radius 3 is 2.62 bits per heavy atom. The van der Waals surface area contributed by atoms with Gasteiger partial charge in [-0.3, -0.25) is 9.59 Å². The van der Waals surface area contributed by atoms with E-state index in [2.05, 4.69) is 10.0 Å². The van der Waals surface area contributed by atoms with Gasteiger partial charge in [-0.05, 0) is 5.53 Å². The Labute approximate surface area is 74.6 Å². The van der Waals surface area contributed by atoms with Gasteiger partial charge in [0.25, 0.3) is 0 Å². The fraction of sp³-hybridized carbons (Fsp3) is 0.667. The number of aliphatic carboxylic acids is 1. The Balaban J connectivity index is 4.02. The van der Waals surface area contributed by atoms with Crippen molar-refractivity contribution in [2.45, 2.75) is 6.92 Å². The number of amides is 1. The number of carbonyl (C=O) groups excluding carboxylic acids is 1. The van der Waals surface area contributed by atoms with Gasteiger partial charge in [0.05, 0.1) is 0 Å². The Morgan fingerprint density at radius 1 is 1.62 bits per heavy atom. The smallest absolute Gasteiger partial charge is 0.323 e. The predicted molar refractivity (Wildman–Crippen MR) is 43.9 cm³/mol. The molecule has 0 aromatic heterocycles. The molecule has 0 radical (unpaired) electrons. The highest BCUT2D eigenvalue weighted by Gasteiger charge is 2.10. The minimum absolute atomic E-state index is 0.0867. The van der Waals surface area contributed by atoms with E-state index in [1.165, 1.54) is 6.92 Å². The van der Waals surface area contributed by atoms with Crippen molar-refractivity contribution in [2.75, 3.05) is 19.6 Å². The average molecular weight is 186 g/mol. The molecular weight excluding hydrogens is 176 g/mol. The number of carboxylic acids is 1. The summed E-state index contributed by atoms with van der Waals surface area (Å²) in [6.45, 7) is 1.12. The minimum Gasteiger partial charge on any atom is -0.480 e. The van der Waals surface area contributed by atoms with Crippen molar-refractivity contribution in [3.8, 4) is 0 Å². The van der Waals surface area contributed by atoms with E-state index in [1.807, 2.05) is 0 Å². The van der Waals surface area contributed by atoms with Crippen LogP contribution in [-0.4, -0.2) is 41.5 Å². The van der Waals surface area contributed by atoms with E-state index in [4.69, 9.17) is 10.6 Å². The molecule has 0 atom stereocenters. The van der Waals surface area contributed by atoms with Crippen LogP contribution in [0.15, 0.2) is 5.11 Å². The summed E-state index contributed by atoms with van der Waals surface area (Å²) in [4.78, 5) is 24.6. The zero-order valence-electron chi connectivity index (χ0n) is 7.17. The van der Waals surface area contributed by atoms with Crippen LogP contribution < -0.4 is 0 Å². The minimum atomic E-state index is -1.09.